The summed E-state index contributed by atoms with van der Waals surface area (Å²) in [6.45, 7) is 8.24. The van der Waals surface area contributed by atoms with E-state index in [1.54, 1.807) is 6.92 Å². The molecule has 124 valence electrons. The van der Waals surface area contributed by atoms with Gasteiger partial charge in [0.25, 0.3) is 0 Å². The second-order valence-electron chi connectivity index (χ2n) is 5.72. The summed E-state index contributed by atoms with van der Waals surface area (Å²) < 4.78 is 27.6. The lowest BCUT2D eigenvalue weighted by atomic mass is 10.2. The second-order valence-corrected chi connectivity index (χ2v) is 7.40. The van der Waals surface area contributed by atoms with Crippen molar-refractivity contribution in [3.63, 3.8) is 0 Å². The van der Waals surface area contributed by atoms with Gasteiger partial charge in [0.15, 0.2) is 0 Å². The van der Waals surface area contributed by atoms with Gasteiger partial charge < -0.3 is 10.4 Å². The molecule has 1 aromatic rings. The Morgan fingerprint density at radius 1 is 1.27 bits per heavy atom. The Kier molecular flexibility index (Phi) is 6.37. The summed E-state index contributed by atoms with van der Waals surface area (Å²) in [5, 5.41) is 12.1. The van der Waals surface area contributed by atoms with Crippen LogP contribution in [0.25, 0.3) is 0 Å². The first-order valence-electron chi connectivity index (χ1n) is 7.31. The Morgan fingerprint density at radius 2 is 1.91 bits per heavy atom. The van der Waals surface area contributed by atoms with Crippen molar-refractivity contribution in [1.82, 2.24) is 4.72 Å². The van der Waals surface area contributed by atoms with Crippen molar-refractivity contribution >= 4 is 21.7 Å². The van der Waals surface area contributed by atoms with Crippen molar-refractivity contribution < 1.29 is 18.3 Å². The van der Waals surface area contributed by atoms with Gasteiger partial charge in [-0.1, -0.05) is 20.8 Å². The van der Waals surface area contributed by atoms with E-state index in [9.17, 15) is 13.2 Å². The van der Waals surface area contributed by atoms with Crippen LogP contribution in [0.5, 0.6) is 0 Å². The van der Waals surface area contributed by atoms with Crippen LogP contribution in [0.1, 0.15) is 44.5 Å². The number of carbonyl (C=O) groups is 1. The number of nitrogens with one attached hydrogen (secondary N) is 2. The summed E-state index contributed by atoms with van der Waals surface area (Å²) in [6.07, 6.45) is 0.645. The van der Waals surface area contributed by atoms with E-state index in [1.807, 2.05) is 20.8 Å². The highest BCUT2D eigenvalue weighted by Crippen LogP contribution is 2.24. The van der Waals surface area contributed by atoms with Crippen molar-refractivity contribution in [2.24, 2.45) is 5.92 Å². The normalized spacial score (nSPS) is 13.1. The number of carboxylic acid groups (broad SMARTS) is 1. The molecule has 0 heterocycles. The van der Waals surface area contributed by atoms with Crippen LogP contribution >= 0.6 is 0 Å². The van der Waals surface area contributed by atoms with Crippen LogP contribution in [0.2, 0.25) is 0 Å². The molecule has 0 fully saturated rings. The van der Waals surface area contributed by atoms with Crippen LogP contribution in [0.4, 0.5) is 5.69 Å². The SMILES string of the molecule is CC[C@@H](C)NS(=O)(=O)c1cc(C(=O)O)ccc1NCC(C)C. The largest absolute Gasteiger partial charge is 0.478 e. The van der Waals surface area contributed by atoms with Crippen molar-refractivity contribution in [3.8, 4) is 0 Å². The minimum absolute atomic E-state index is 0.0339. The quantitative estimate of drug-likeness (QED) is 0.681. The third kappa shape index (κ3) is 4.99. The molecule has 0 aliphatic carbocycles. The second kappa shape index (κ2) is 7.60. The molecule has 3 N–H and O–H groups in total. The van der Waals surface area contributed by atoms with E-state index in [0.717, 1.165) is 0 Å². The van der Waals surface area contributed by atoms with Crippen LogP contribution in [-0.4, -0.2) is 32.1 Å². The molecule has 0 aliphatic heterocycles. The highest BCUT2D eigenvalue weighted by molar-refractivity contribution is 7.89. The van der Waals surface area contributed by atoms with Gasteiger partial charge in [0, 0.05) is 12.6 Å². The topological polar surface area (TPSA) is 95.5 Å². The smallest absolute Gasteiger partial charge is 0.335 e. The van der Waals surface area contributed by atoms with Gasteiger partial charge in [-0.15, -0.1) is 0 Å². The molecule has 0 bridgehead atoms. The molecule has 7 heteroatoms. The fourth-order valence-corrected chi connectivity index (χ4v) is 3.28. The number of anilines is 1. The zero-order chi connectivity index (χ0) is 16.9. The molecule has 0 spiro atoms. The molecular formula is C15H24N2O4S. The van der Waals surface area contributed by atoms with E-state index in [1.165, 1.54) is 18.2 Å². The Labute approximate surface area is 132 Å². The minimum Gasteiger partial charge on any atom is -0.478 e. The summed E-state index contributed by atoms with van der Waals surface area (Å²) in [5.41, 5.74) is 0.356. The third-order valence-electron chi connectivity index (χ3n) is 3.19. The number of carboxylic acids is 1. The third-order valence-corrected chi connectivity index (χ3v) is 4.82. The van der Waals surface area contributed by atoms with E-state index in [0.29, 0.717) is 24.6 Å². The number of aromatic carboxylic acids is 1. The van der Waals surface area contributed by atoms with E-state index < -0.39 is 16.0 Å². The maximum absolute atomic E-state index is 12.5. The molecule has 1 rings (SSSR count). The summed E-state index contributed by atoms with van der Waals surface area (Å²) in [7, 11) is -3.78. The Morgan fingerprint density at radius 3 is 2.41 bits per heavy atom. The molecule has 0 unspecified atom stereocenters. The molecular weight excluding hydrogens is 304 g/mol. The molecule has 0 saturated heterocycles. The molecule has 0 aromatic heterocycles. The first-order chi connectivity index (χ1) is 10.2. The van der Waals surface area contributed by atoms with Gasteiger partial charge >= 0.3 is 5.97 Å². The van der Waals surface area contributed by atoms with Gasteiger partial charge in [-0.3, -0.25) is 0 Å². The lowest BCUT2D eigenvalue weighted by Crippen LogP contribution is -2.32. The molecule has 0 saturated carbocycles. The predicted molar refractivity (Wildman–Crippen MR) is 86.8 cm³/mol. The Hall–Kier alpha value is -1.60. The molecule has 0 amide bonds. The number of rotatable bonds is 8. The minimum atomic E-state index is -3.78. The van der Waals surface area contributed by atoms with Crippen molar-refractivity contribution in [2.75, 3.05) is 11.9 Å². The number of benzene rings is 1. The van der Waals surface area contributed by atoms with Gasteiger partial charge in [-0.05, 0) is 37.5 Å². The first kappa shape index (κ1) is 18.4. The lowest BCUT2D eigenvalue weighted by molar-refractivity contribution is 0.0696. The molecule has 22 heavy (non-hydrogen) atoms. The molecule has 6 nitrogen and oxygen atoms in total. The lowest BCUT2D eigenvalue weighted by Gasteiger charge is -2.17. The van der Waals surface area contributed by atoms with Gasteiger partial charge in [0.2, 0.25) is 10.0 Å². The zero-order valence-corrected chi connectivity index (χ0v) is 14.2. The summed E-state index contributed by atoms with van der Waals surface area (Å²) in [5.74, 6) is -0.826. The van der Waals surface area contributed by atoms with Crippen molar-refractivity contribution in [3.05, 3.63) is 23.8 Å². The van der Waals surface area contributed by atoms with E-state index in [2.05, 4.69) is 10.0 Å². The highest BCUT2D eigenvalue weighted by atomic mass is 32.2. The van der Waals surface area contributed by atoms with Gasteiger partial charge in [0.05, 0.1) is 11.3 Å². The molecule has 0 radical (unpaired) electrons. The fourth-order valence-electron chi connectivity index (χ4n) is 1.75. The van der Waals surface area contributed by atoms with E-state index in [4.69, 9.17) is 5.11 Å². The van der Waals surface area contributed by atoms with Gasteiger partial charge in [0.1, 0.15) is 4.90 Å². The number of sulfonamides is 1. The average Bonchev–Trinajstić information content (AvgIpc) is 2.44. The number of hydrogen-bond donors (Lipinski definition) is 3. The van der Waals surface area contributed by atoms with Crippen molar-refractivity contribution in [1.29, 1.82) is 0 Å². The maximum Gasteiger partial charge on any atom is 0.335 e. The van der Waals surface area contributed by atoms with Gasteiger partial charge in [-0.25, -0.2) is 17.9 Å². The monoisotopic (exact) mass is 328 g/mol. The Balaban J connectivity index is 3.26. The fraction of sp³-hybridized carbons (Fsp3) is 0.533. The predicted octanol–water partition coefficient (Wildman–Crippen LogP) is 2.53. The van der Waals surface area contributed by atoms with Crippen molar-refractivity contribution in [2.45, 2.75) is 45.1 Å². The average molecular weight is 328 g/mol. The van der Waals surface area contributed by atoms with Crippen LogP contribution in [0.3, 0.4) is 0 Å². The van der Waals surface area contributed by atoms with Crippen LogP contribution in [0.15, 0.2) is 23.1 Å². The highest BCUT2D eigenvalue weighted by Gasteiger charge is 2.22. The standard InChI is InChI=1S/C15H24N2O4S/c1-5-11(4)17-22(20,21)14-8-12(15(18)19)6-7-13(14)16-9-10(2)3/h6-8,10-11,16-17H,5,9H2,1-4H3,(H,18,19)/t11-/m1/s1. The molecule has 0 aliphatic rings. The van der Waals surface area contributed by atoms with E-state index >= 15 is 0 Å². The maximum atomic E-state index is 12.5. The van der Waals surface area contributed by atoms with Gasteiger partial charge in [-0.2, -0.15) is 0 Å². The summed E-state index contributed by atoms with van der Waals surface area (Å²) in [6, 6.07) is 3.86. The summed E-state index contributed by atoms with van der Waals surface area (Å²) >= 11 is 0. The van der Waals surface area contributed by atoms with E-state index in [-0.39, 0.29) is 16.5 Å². The summed E-state index contributed by atoms with van der Waals surface area (Å²) in [4.78, 5) is 11.1. The number of hydrogen-bond acceptors (Lipinski definition) is 4. The van der Waals surface area contributed by atoms with Crippen LogP contribution < -0.4 is 10.0 Å². The van der Waals surface area contributed by atoms with Crippen LogP contribution in [-0.2, 0) is 10.0 Å². The first-order valence-corrected chi connectivity index (χ1v) is 8.79. The molecule has 1 aromatic carbocycles. The van der Waals surface area contributed by atoms with Crippen LogP contribution in [0, 0.1) is 5.92 Å². The zero-order valence-electron chi connectivity index (χ0n) is 13.4. The Bertz CT molecular complexity index is 626. The molecule has 1 atom stereocenters.